The molecule has 0 aliphatic carbocycles. The van der Waals surface area contributed by atoms with E-state index >= 15 is 0 Å². The van der Waals surface area contributed by atoms with Gasteiger partial charge in [-0.3, -0.25) is 9.88 Å². The van der Waals surface area contributed by atoms with E-state index in [4.69, 9.17) is 19.4 Å². The molecule has 2 fully saturated rings. The number of benzene rings is 1. The maximum Gasteiger partial charge on any atom is 0.163 e. The molecule has 8 nitrogen and oxygen atoms in total. The van der Waals surface area contributed by atoms with E-state index in [0.717, 1.165) is 87.3 Å². The summed E-state index contributed by atoms with van der Waals surface area (Å²) in [6.07, 6.45) is 5.92. The van der Waals surface area contributed by atoms with Crippen LogP contribution in [-0.2, 0) is 17.9 Å². The Morgan fingerprint density at radius 3 is 2.62 bits per heavy atom. The lowest BCUT2D eigenvalue weighted by atomic mass is 9.93. The molecule has 0 N–H and O–H groups in total. The monoisotopic (exact) mass is 502 g/mol. The molecule has 4 heterocycles. The lowest BCUT2D eigenvalue weighted by Crippen LogP contribution is -2.45. The average Bonchev–Trinajstić information content (AvgIpc) is 2.94. The van der Waals surface area contributed by atoms with Crippen molar-refractivity contribution in [3.8, 4) is 17.1 Å². The Hall–Kier alpha value is -3.07. The first-order valence-corrected chi connectivity index (χ1v) is 13.2. The van der Waals surface area contributed by atoms with Crippen molar-refractivity contribution >= 4 is 5.82 Å². The van der Waals surface area contributed by atoms with Gasteiger partial charge >= 0.3 is 0 Å². The first-order chi connectivity index (χ1) is 18.1. The van der Waals surface area contributed by atoms with Crippen molar-refractivity contribution in [2.45, 2.75) is 31.9 Å². The van der Waals surface area contributed by atoms with Crippen molar-refractivity contribution in [1.29, 1.82) is 0 Å². The van der Waals surface area contributed by atoms with Gasteiger partial charge in [0.25, 0.3) is 0 Å². The van der Waals surface area contributed by atoms with Crippen LogP contribution in [0.1, 0.15) is 35.6 Å². The number of pyridine rings is 1. The number of hydrogen-bond acceptors (Lipinski definition) is 8. The molecule has 1 unspecified atom stereocenters. The quantitative estimate of drug-likeness (QED) is 0.461. The summed E-state index contributed by atoms with van der Waals surface area (Å²) in [6.45, 7) is 7.53. The summed E-state index contributed by atoms with van der Waals surface area (Å²) >= 11 is 0. The average molecular weight is 503 g/mol. The van der Waals surface area contributed by atoms with E-state index in [1.165, 1.54) is 11.1 Å². The highest BCUT2D eigenvalue weighted by molar-refractivity contribution is 5.57. The Labute approximate surface area is 220 Å². The van der Waals surface area contributed by atoms with Gasteiger partial charge in [-0.15, -0.1) is 0 Å². The molecule has 3 aromatic rings. The van der Waals surface area contributed by atoms with E-state index in [-0.39, 0.29) is 0 Å². The van der Waals surface area contributed by atoms with Crippen LogP contribution in [0.5, 0.6) is 5.75 Å². The third-order valence-electron chi connectivity index (χ3n) is 7.45. The fourth-order valence-electron chi connectivity index (χ4n) is 5.38. The zero-order chi connectivity index (χ0) is 25.6. The molecule has 2 aliphatic heterocycles. The molecule has 196 valence electrons. The number of hydrogen-bond donors (Lipinski definition) is 0. The van der Waals surface area contributed by atoms with Gasteiger partial charge in [-0.25, -0.2) is 9.97 Å². The molecule has 0 amide bonds. The predicted molar refractivity (Wildman–Crippen MR) is 146 cm³/mol. The zero-order valence-electron chi connectivity index (χ0n) is 22.3. The molecule has 2 aliphatic rings. The van der Waals surface area contributed by atoms with Gasteiger partial charge in [-0.2, -0.15) is 0 Å². The van der Waals surface area contributed by atoms with Crippen LogP contribution in [-0.4, -0.2) is 85.3 Å². The van der Waals surface area contributed by atoms with Gasteiger partial charge in [0.2, 0.25) is 0 Å². The maximum atomic E-state index is 5.68. The minimum atomic E-state index is 0.353. The Morgan fingerprint density at radius 2 is 1.86 bits per heavy atom. The molecule has 8 heteroatoms. The highest BCUT2D eigenvalue weighted by Gasteiger charge is 2.26. The minimum absolute atomic E-state index is 0.353. The molecular weight excluding hydrogens is 464 g/mol. The number of methoxy groups -OCH3 is 2. The summed E-state index contributed by atoms with van der Waals surface area (Å²) in [6, 6.07) is 12.6. The summed E-state index contributed by atoms with van der Waals surface area (Å²) in [5, 5.41) is 0. The summed E-state index contributed by atoms with van der Waals surface area (Å²) in [5.74, 6) is 3.08. The summed E-state index contributed by atoms with van der Waals surface area (Å²) in [4.78, 5) is 21.7. The molecule has 37 heavy (non-hydrogen) atoms. The van der Waals surface area contributed by atoms with Crippen LogP contribution in [0.4, 0.5) is 5.82 Å². The molecule has 2 saturated heterocycles. The van der Waals surface area contributed by atoms with Crippen LogP contribution in [0.2, 0.25) is 0 Å². The topological polar surface area (TPSA) is 66.9 Å². The van der Waals surface area contributed by atoms with Crippen LogP contribution >= 0.6 is 0 Å². The van der Waals surface area contributed by atoms with Crippen LogP contribution in [0.3, 0.4) is 0 Å². The smallest absolute Gasteiger partial charge is 0.163 e. The fourth-order valence-corrected chi connectivity index (χ4v) is 5.38. The molecule has 1 atom stereocenters. The van der Waals surface area contributed by atoms with Crippen molar-refractivity contribution in [3.63, 3.8) is 0 Å². The van der Waals surface area contributed by atoms with Crippen molar-refractivity contribution in [3.05, 3.63) is 65.6 Å². The van der Waals surface area contributed by atoms with E-state index in [1.807, 2.05) is 18.3 Å². The normalized spacial score (nSPS) is 19.2. The molecule has 0 radical (unpaired) electrons. The van der Waals surface area contributed by atoms with Crippen LogP contribution in [0, 0.1) is 0 Å². The van der Waals surface area contributed by atoms with Crippen LogP contribution < -0.4 is 9.64 Å². The number of likely N-dealkylation sites (N-methyl/N-ethyl adjacent to an activating group) is 1. The maximum absolute atomic E-state index is 5.68. The van der Waals surface area contributed by atoms with E-state index in [1.54, 1.807) is 20.4 Å². The number of anilines is 1. The SMILES string of the molecule is COCc1ccc(OC)c(CN2CCCC(c3cc(N4CCN(C)CC4)nc(-c4cccnc4)n3)C2)c1. The number of ether oxygens (including phenoxy) is 2. The highest BCUT2D eigenvalue weighted by atomic mass is 16.5. The van der Waals surface area contributed by atoms with Crippen molar-refractivity contribution in [2.75, 3.05) is 65.4 Å². The van der Waals surface area contributed by atoms with Crippen molar-refractivity contribution < 1.29 is 9.47 Å². The lowest BCUT2D eigenvalue weighted by molar-refractivity contribution is 0.183. The molecule has 0 spiro atoms. The first kappa shape index (κ1) is 25.6. The Kier molecular flexibility index (Phi) is 8.28. The Bertz CT molecular complexity index is 1170. The summed E-state index contributed by atoms with van der Waals surface area (Å²) in [5.41, 5.74) is 4.47. The number of piperidine rings is 1. The van der Waals surface area contributed by atoms with Crippen LogP contribution in [0.15, 0.2) is 48.8 Å². The Morgan fingerprint density at radius 1 is 1.00 bits per heavy atom. The largest absolute Gasteiger partial charge is 0.496 e. The zero-order valence-corrected chi connectivity index (χ0v) is 22.3. The second-order valence-corrected chi connectivity index (χ2v) is 10.2. The standard InChI is InChI=1S/C29H38N6O2/c1-33-12-14-35(15-13-33)28-17-26(31-29(32-28)23-6-4-10-30-18-23)24-7-5-11-34(19-24)20-25-16-22(21-36-2)8-9-27(25)37-3/h4,6,8-10,16-18,24H,5,7,11-15,19-21H2,1-3H3. The van der Waals surface area contributed by atoms with E-state index in [0.29, 0.717) is 12.5 Å². The summed E-state index contributed by atoms with van der Waals surface area (Å²) in [7, 11) is 5.66. The number of piperazine rings is 1. The number of aromatic nitrogens is 3. The third kappa shape index (κ3) is 6.26. The number of rotatable bonds is 8. The molecule has 2 aromatic heterocycles. The lowest BCUT2D eigenvalue weighted by Gasteiger charge is -2.35. The molecule has 5 rings (SSSR count). The van der Waals surface area contributed by atoms with Gasteiger partial charge in [-0.05, 0) is 56.3 Å². The van der Waals surface area contributed by atoms with Crippen LogP contribution in [0.25, 0.3) is 11.4 Å². The van der Waals surface area contributed by atoms with Gasteiger partial charge in [0.1, 0.15) is 11.6 Å². The van der Waals surface area contributed by atoms with E-state index in [9.17, 15) is 0 Å². The van der Waals surface area contributed by atoms with Crippen molar-refractivity contribution in [1.82, 2.24) is 24.8 Å². The van der Waals surface area contributed by atoms with Gasteiger partial charge in [0.05, 0.1) is 19.4 Å². The van der Waals surface area contributed by atoms with Gasteiger partial charge in [-0.1, -0.05) is 6.07 Å². The van der Waals surface area contributed by atoms with E-state index in [2.05, 4.69) is 51.0 Å². The number of likely N-dealkylation sites (tertiary alicyclic amines) is 1. The third-order valence-corrected chi connectivity index (χ3v) is 7.45. The molecular formula is C29H38N6O2. The van der Waals surface area contributed by atoms with Gasteiger partial charge in [0, 0.05) is 81.9 Å². The Balaban J connectivity index is 1.40. The summed E-state index contributed by atoms with van der Waals surface area (Å²) < 4.78 is 11.0. The number of nitrogens with zero attached hydrogens (tertiary/aromatic N) is 6. The minimum Gasteiger partial charge on any atom is -0.496 e. The van der Waals surface area contributed by atoms with Crippen molar-refractivity contribution in [2.24, 2.45) is 0 Å². The predicted octanol–water partition coefficient (Wildman–Crippen LogP) is 3.83. The first-order valence-electron chi connectivity index (χ1n) is 13.2. The van der Waals surface area contributed by atoms with E-state index < -0.39 is 0 Å². The fraction of sp³-hybridized carbons (Fsp3) is 0.483. The van der Waals surface area contributed by atoms with Gasteiger partial charge in [0.15, 0.2) is 5.82 Å². The molecule has 0 saturated carbocycles. The van der Waals surface area contributed by atoms with Gasteiger partial charge < -0.3 is 19.3 Å². The molecule has 0 bridgehead atoms. The second kappa shape index (κ2) is 12.0. The second-order valence-electron chi connectivity index (χ2n) is 10.2. The molecule has 1 aromatic carbocycles. The highest BCUT2D eigenvalue weighted by Crippen LogP contribution is 2.32.